The summed E-state index contributed by atoms with van der Waals surface area (Å²) in [4.78, 5) is 16.5. The summed E-state index contributed by atoms with van der Waals surface area (Å²) in [6, 6.07) is 13.2. The molecule has 23 heavy (non-hydrogen) atoms. The number of nitrogens with zero attached hydrogens (tertiary/aromatic N) is 2. The second kappa shape index (κ2) is 6.26. The molecular weight excluding hydrogens is 331 g/mol. The average Bonchev–Trinajstić information content (AvgIpc) is 2.76. The molecule has 0 radical (unpaired) electrons. The number of amides is 1. The molecule has 2 aromatic carbocycles. The first kappa shape index (κ1) is 15.9. The molecule has 0 aromatic heterocycles. The first-order valence-electron chi connectivity index (χ1n) is 7.21. The molecule has 0 bridgehead atoms. The zero-order valence-corrected chi connectivity index (χ0v) is 14.4. The number of benzene rings is 2. The Hall–Kier alpha value is -1.97. The number of anilines is 1. The lowest BCUT2D eigenvalue weighted by Gasteiger charge is -2.17. The molecule has 0 aliphatic carbocycles. The van der Waals surface area contributed by atoms with Gasteiger partial charge in [0.2, 0.25) is 0 Å². The third-order valence-corrected chi connectivity index (χ3v) is 4.41. The van der Waals surface area contributed by atoms with Gasteiger partial charge in [-0.3, -0.25) is 4.79 Å². The number of fused-ring (bicyclic) bond motifs is 1. The van der Waals surface area contributed by atoms with Crippen LogP contribution in [0, 0.1) is 0 Å². The van der Waals surface area contributed by atoms with Crippen LogP contribution in [0.15, 0.2) is 48.7 Å². The first-order chi connectivity index (χ1) is 11.0. The van der Waals surface area contributed by atoms with Crippen LogP contribution in [0.1, 0.15) is 11.1 Å². The van der Waals surface area contributed by atoms with Crippen LogP contribution in [0.2, 0.25) is 10.0 Å². The highest BCUT2D eigenvalue weighted by molar-refractivity contribution is 6.42. The minimum absolute atomic E-state index is 0.00836. The van der Waals surface area contributed by atoms with Crippen molar-refractivity contribution in [3.8, 4) is 0 Å². The Morgan fingerprint density at radius 1 is 1.09 bits per heavy atom. The maximum atomic E-state index is 12.8. The van der Waals surface area contributed by atoms with Gasteiger partial charge in [-0.05, 0) is 23.8 Å². The quantitative estimate of drug-likeness (QED) is 0.767. The number of hydrogen-bond donors (Lipinski definition) is 0. The highest BCUT2D eigenvalue weighted by atomic mass is 35.5. The Labute approximate surface area is 145 Å². The highest BCUT2D eigenvalue weighted by Gasteiger charge is 2.32. The lowest BCUT2D eigenvalue weighted by Crippen LogP contribution is -2.26. The fraction of sp³-hybridized carbons (Fsp3) is 0.167. The van der Waals surface area contributed by atoms with Gasteiger partial charge in [0.25, 0.3) is 5.91 Å². The van der Waals surface area contributed by atoms with Crippen LogP contribution in [0.4, 0.5) is 5.69 Å². The van der Waals surface area contributed by atoms with E-state index in [0.717, 1.165) is 16.8 Å². The van der Waals surface area contributed by atoms with Gasteiger partial charge in [0, 0.05) is 25.9 Å². The van der Waals surface area contributed by atoms with Gasteiger partial charge < -0.3 is 9.80 Å². The van der Waals surface area contributed by atoms with E-state index in [0.29, 0.717) is 22.2 Å². The lowest BCUT2D eigenvalue weighted by molar-refractivity contribution is -0.113. The summed E-state index contributed by atoms with van der Waals surface area (Å²) >= 11 is 12.0. The van der Waals surface area contributed by atoms with Gasteiger partial charge in [-0.15, -0.1) is 0 Å². The third-order valence-electron chi connectivity index (χ3n) is 3.67. The zero-order chi connectivity index (χ0) is 16.6. The van der Waals surface area contributed by atoms with Crippen LogP contribution in [0.25, 0.3) is 5.57 Å². The SMILES string of the molecule is CN(C)/C=C1\C(=O)N(Cc2ccc(Cl)c(Cl)c2)c2ccccc21. The van der Waals surface area contributed by atoms with Gasteiger partial charge in [-0.2, -0.15) is 0 Å². The molecule has 0 atom stereocenters. The van der Waals surface area contributed by atoms with E-state index in [9.17, 15) is 4.79 Å². The molecule has 3 rings (SSSR count). The van der Waals surface area contributed by atoms with Gasteiger partial charge in [-0.1, -0.05) is 47.5 Å². The van der Waals surface area contributed by atoms with Crippen LogP contribution < -0.4 is 4.90 Å². The van der Waals surface area contributed by atoms with Crippen molar-refractivity contribution in [1.82, 2.24) is 4.90 Å². The standard InChI is InChI=1S/C18H16Cl2N2O/c1-21(2)11-14-13-5-3-4-6-17(13)22(18(14)23)10-12-7-8-15(19)16(20)9-12/h3-9,11H,10H2,1-2H3/b14-11-. The van der Waals surface area contributed by atoms with E-state index in [1.165, 1.54) is 0 Å². The molecule has 0 N–H and O–H groups in total. The Morgan fingerprint density at radius 2 is 1.83 bits per heavy atom. The summed E-state index contributed by atoms with van der Waals surface area (Å²) in [5, 5.41) is 1.00. The van der Waals surface area contributed by atoms with Crippen LogP contribution in [-0.4, -0.2) is 24.9 Å². The number of halogens is 2. The zero-order valence-electron chi connectivity index (χ0n) is 12.9. The normalized spacial score (nSPS) is 15.2. The second-order valence-corrected chi connectivity index (χ2v) is 6.48. The van der Waals surface area contributed by atoms with E-state index in [4.69, 9.17) is 23.2 Å². The summed E-state index contributed by atoms with van der Waals surface area (Å²) in [5.41, 5.74) is 3.50. The molecule has 118 valence electrons. The number of rotatable bonds is 3. The smallest absolute Gasteiger partial charge is 0.260 e. The van der Waals surface area contributed by atoms with Gasteiger partial charge in [0.05, 0.1) is 27.9 Å². The molecule has 1 aliphatic heterocycles. The number of carbonyl (C=O) groups excluding carboxylic acids is 1. The van der Waals surface area contributed by atoms with Crippen molar-refractivity contribution in [2.45, 2.75) is 6.54 Å². The number of para-hydroxylation sites is 1. The molecule has 0 saturated carbocycles. The van der Waals surface area contributed by atoms with Gasteiger partial charge in [0.1, 0.15) is 0 Å². The van der Waals surface area contributed by atoms with Gasteiger partial charge >= 0.3 is 0 Å². The molecule has 1 heterocycles. The molecule has 3 nitrogen and oxygen atoms in total. The Bertz CT molecular complexity index is 799. The Morgan fingerprint density at radius 3 is 2.52 bits per heavy atom. The van der Waals surface area contributed by atoms with Crippen molar-refractivity contribution in [3.05, 3.63) is 69.8 Å². The van der Waals surface area contributed by atoms with E-state index in [1.807, 2.05) is 55.5 Å². The second-order valence-electron chi connectivity index (χ2n) is 5.66. The predicted octanol–water partition coefficient (Wildman–Crippen LogP) is 4.44. The van der Waals surface area contributed by atoms with Crippen LogP contribution in [0.3, 0.4) is 0 Å². The molecule has 0 fully saturated rings. The van der Waals surface area contributed by atoms with Crippen molar-refractivity contribution < 1.29 is 4.79 Å². The average molecular weight is 347 g/mol. The largest absolute Gasteiger partial charge is 0.383 e. The van der Waals surface area contributed by atoms with Crippen molar-refractivity contribution in [2.75, 3.05) is 19.0 Å². The van der Waals surface area contributed by atoms with E-state index >= 15 is 0 Å². The van der Waals surface area contributed by atoms with Crippen LogP contribution in [-0.2, 0) is 11.3 Å². The van der Waals surface area contributed by atoms with Crippen LogP contribution in [0.5, 0.6) is 0 Å². The maximum Gasteiger partial charge on any atom is 0.260 e. The van der Waals surface area contributed by atoms with E-state index in [-0.39, 0.29) is 5.91 Å². The van der Waals surface area contributed by atoms with Gasteiger partial charge in [-0.25, -0.2) is 0 Å². The molecular formula is C18H16Cl2N2O. The predicted molar refractivity (Wildman–Crippen MR) is 95.8 cm³/mol. The van der Waals surface area contributed by atoms with E-state index < -0.39 is 0 Å². The fourth-order valence-electron chi connectivity index (χ4n) is 2.67. The lowest BCUT2D eigenvalue weighted by atomic mass is 10.1. The van der Waals surface area contributed by atoms with Crippen molar-refractivity contribution >= 4 is 40.4 Å². The van der Waals surface area contributed by atoms with Crippen molar-refractivity contribution in [1.29, 1.82) is 0 Å². The van der Waals surface area contributed by atoms with Gasteiger partial charge in [0.15, 0.2) is 0 Å². The van der Waals surface area contributed by atoms with E-state index in [2.05, 4.69) is 0 Å². The molecule has 0 spiro atoms. The molecule has 1 amide bonds. The summed E-state index contributed by atoms with van der Waals surface area (Å²) in [6.07, 6.45) is 1.86. The number of hydrogen-bond acceptors (Lipinski definition) is 2. The minimum Gasteiger partial charge on any atom is -0.383 e. The monoisotopic (exact) mass is 346 g/mol. The summed E-state index contributed by atoms with van der Waals surface area (Å²) < 4.78 is 0. The minimum atomic E-state index is -0.00836. The summed E-state index contributed by atoms with van der Waals surface area (Å²) in [7, 11) is 3.81. The fourth-order valence-corrected chi connectivity index (χ4v) is 2.99. The molecule has 2 aromatic rings. The molecule has 0 unspecified atom stereocenters. The summed E-state index contributed by atoms with van der Waals surface area (Å²) in [6.45, 7) is 0.456. The van der Waals surface area contributed by atoms with E-state index in [1.54, 1.807) is 17.0 Å². The van der Waals surface area contributed by atoms with Crippen molar-refractivity contribution in [3.63, 3.8) is 0 Å². The maximum absolute atomic E-state index is 12.8. The molecule has 0 saturated heterocycles. The Balaban J connectivity index is 1.99. The first-order valence-corrected chi connectivity index (χ1v) is 7.96. The van der Waals surface area contributed by atoms with Crippen LogP contribution >= 0.6 is 23.2 Å². The van der Waals surface area contributed by atoms with Crippen molar-refractivity contribution in [2.24, 2.45) is 0 Å². The third kappa shape index (κ3) is 3.07. The Kier molecular flexibility index (Phi) is 4.33. The summed E-state index contributed by atoms with van der Waals surface area (Å²) in [5.74, 6) is -0.00836. The topological polar surface area (TPSA) is 23.6 Å². The molecule has 1 aliphatic rings. The number of carbonyl (C=O) groups is 1. The molecule has 5 heteroatoms. The highest BCUT2D eigenvalue weighted by Crippen LogP contribution is 2.37.